The number of aromatic nitrogens is 1. The number of nitrogens with one attached hydrogen (secondary N) is 1. The Hall–Kier alpha value is -2.41. The van der Waals surface area contributed by atoms with Crippen molar-refractivity contribution in [2.75, 3.05) is 5.32 Å². The third-order valence-electron chi connectivity index (χ3n) is 3.18. The van der Waals surface area contributed by atoms with Gasteiger partial charge in [0.1, 0.15) is 11.9 Å². The van der Waals surface area contributed by atoms with Crippen LogP contribution in [0.4, 0.5) is 10.1 Å². The Morgan fingerprint density at radius 2 is 1.90 bits per heavy atom. The molecule has 102 valence electrons. The van der Waals surface area contributed by atoms with Gasteiger partial charge in [0.2, 0.25) is 0 Å². The van der Waals surface area contributed by atoms with Crippen LogP contribution >= 0.6 is 0 Å². The second kappa shape index (κ2) is 5.70. The minimum atomic E-state index is -0.255. The van der Waals surface area contributed by atoms with Crippen LogP contribution in [0.5, 0.6) is 0 Å². The molecule has 2 aromatic rings. The number of benzene rings is 1. The van der Waals surface area contributed by atoms with Gasteiger partial charge < -0.3 is 5.32 Å². The van der Waals surface area contributed by atoms with Crippen LogP contribution in [0.2, 0.25) is 0 Å². The summed E-state index contributed by atoms with van der Waals surface area (Å²) in [6, 6.07) is 10.3. The molecule has 1 atom stereocenters. The Kier molecular flexibility index (Phi) is 3.99. The van der Waals surface area contributed by atoms with Crippen LogP contribution in [0.25, 0.3) is 0 Å². The lowest BCUT2D eigenvalue weighted by Gasteiger charge is -2.18. The molecule has 0 saturated heterocycles. The molecule has 0 bridgehead atoms. The Morgan fingerprint density at radius 3 is 2.50 bits per heavy atom. The molecule has 0 spiro atoms. The summed E-state index contributed by atoms with van der Waals surface area (Å²) in [6.45, 7) is 5.68. The predicted molar refractivity (Wildman–Crippen MR) is 76.9 cm³/mol. The molecule has 0 radical (unpaired) electrons. The normalized spacial score (nSPS) is 11.8. The third-order valence-corrected chi connectivity index (χ3v) is 3.18. The van der Waals surface area contributed by atoms with E-state index in [-0.39, 0.29) is 11.9 Å². The second-order valence-corrected chi connectivity index (χ2v) is 4.80. The van der Waals surface area contributed by atoms with Crippen molar-refractivity contribution in [1.82, 2.24) is 4.98 Å². The van der Waals surface area contributed by atoms with Gasteiger partial charge in [0, 0.05) is 11.7 Å². The molecular formula is C16H16FN3. The van der Waals surface area contributed by atoms with Gasteiger partial charge in [-0.05, 0) is 44.5 Å². The van der Waals surface area contributed by atoms with Gasteiger partial charge in [0.25, 0.3) is 0 Å². The minimum Gasteiger partial charge on any atom is -0.377 e. The number of nitrogens with zero attached hydrogens (tertiary/aromatic N) is 2. The summed E-state index contributed by atoms with van der Waals surface area (Å²) < 4.78 is 12.9. The molecule has 0 aliphatic rings. The molecule has 1 unspecified atom stereocenters. The average Bonchev–Trinajstić information content (AvgIpc) is 2.39. The summed E-state index contributed by atoms with van der Waals surface area (Å²) in [4.78, 5) is 4.28. The van der Waals surface area contributed by atoms with Crippen LogP contribution < -0.4 is 5.32 Å². The van der Waals surface area contributed by atoms with Crippen LogP contribution in [-0.2, 0) is 0 Å². The first kappa shape index (κ1) is 14.0. The van der Waals surface area contributed by atoms with Gasteiger partial charge >= 0.3 is 0 Å². The predicted octanol–water partition coefficient (Wildman–Crippen LogP) is 3.88. The van der Waals surface area contributed by atoms with Gasteiger partial charge in [-0.25, -0.2) is 4.39 Å². The smallest absolute Gasteiger partial charge is 0.123 e. The Morgan fingerprint density at radius 1 is 1.25 bits per heavy atom. The first-order valence-electron chi connectivity index (χ1n) is 6.41. The highest BCUT2D eigenvalue weighted by Crippen LogP contribution is 2.24. The summed E-state index contributed by atoms with van der Waals surface area (Å²) in [5, 5.41) is 12.5. The summed E-state index contributed by atoms with van der Waals surface area (Å²) >= 11 is 0. The Labute approximate surface area is 118 Å². The zero-order valence-electron chi connectivity index (χ0n) is 11.7. The van der Waals surface area contributed by atoms with Crippen LogP contribution in [0.3, 0.4) is 0 Å². The van der Waals surface area contributed by atoms with E-state index in [0.29, 0.717) is 11.3 Å². The summed E-state index contributed by atoms with van der Waals surface area (Å²) in [6.07, 6.45) is 0. The molecule has 20 heavy (non-hydrogen) atoms. The van der Waals surface area contributed by atoms with E-state index in [4.69, 9.17) is 0 Å². The molecule has 3 nitrogen and oxygen atoms in total. The van der Waals surface area contributed by atoms with E-state index >= 15 is 0 Å². The molecule has 0 saturated carbocycles. The number of halogens is 1. The Bertz CT molecular complexity index is 657. The maximum atomic E-state index is 12.9. The number of rotatable bonds is 3. The van der Waals surface area contributed by atoms with E-state index in [1.165, 1.54) is 12.1 Å². The van der Waals surface area contributed by atoms with Crippen LogP contribution in [0, 0.1) is 31.0 Å². The van der Waals surface area contributed by atoms with Gasteiger partial charge in [0.05, 0.1) is 16.9 Å². The molecular weight excluding hydrogens is 253 g/mol. The standard InChI is InChI=1S/C16H16FN3/c1-10-8-16(15(9-18)12(3)19-10)20-11(2)13-4-6-14(17)7-5-13/h4-8,11H,1-3H3,(H,19,20). The number of hydrogen-bond acceptors (Lipinski definition) is 3. The van der Waals surface area contributed by atoms with E-state index in [1.807, 2.05) is 26.8 Å². The van der Waals surface area contributed by atoms with Gasteiger partial charge in [-0.3, -0.25) is 4.98 Å². The molecule has 1 N–H and O–H groups in total. The van der Waals surface area contributed by atoms with E-state index in [0.717, 1.165) is 16.9 Å². The lowest BCUT2D eigenvalue weighted by Crippen LogP contribution is -2.09. The van der Waals surface area contributed by atoms with Gasteiger partial charge in [-0.1, -0.05) is 12.1 Å². The fourth-order valence-corrected chi connectivity index (χ4v) is 2.15. The molecule has 1 heterocycles. The average molecular weight is 269 g/mol. The second-order valence-electron chi connectivity index (χ2n) is 4.80. The Balaban J connectivity index is 2.30. The summed E-state index contributed by atoms with van der Waals surface area (Å²) in [5.41, 5.74) is 3.83. The van der Waals surface area contributed by atoms with Crippen LogP contribution in [-0.4, -0.2) is 4.98 Å². The van der Waals surface area contributed by atoms with E-state index in [9.17, 15) is 9.65 Å². The first-order valence-corrected chi connectivity index (χ1v) is 6.41. The number of nitriles is 1. The highest BCUT2D eigenvalue weighted by molar-refractivity contribution is 5.60. The van der Waals surface area contributed by atoms with Crippen LogP contribution in [0.1, 0.15) is 35.5 Å². The zero-order valence-corrected chi connectivity index (χ0v) is 11.7. The maximum Gasteiger partial charge on any atom is 0.123 e. The van der Waals surface area contributed by atoms with Crippen molar-refractivity contribution < 1.29 is 4.39 Å². The maximum absolute atomic E-state index is 12.9. The van der Waals surface area contributed by atoms with Gasteiger partial charge in [0.15, 0.2) is 0 Å². The van der Waals surface area contributed by atoms with E-state index < -0.39 is 0 Å². The topological polar surface area (TPSA) is 48.7 Å². The molecule has 0 amide bonds. The van der Waals surface area contributed by atoms with Crippen LogP contribution in [0.15, 0.2) is 30.3 Å². The van der Waals surface area contributed by atoms with Crippen molar-refractivity contribution in [3.8, 4) is 6.07 Å². The van der Waals surface area contributed by atoms with Crippen molar-refractivity contribution in [2.24, 2.45) is 0 Å². The van der Waals surface area contributed by atoms with Gasteiger partial charge in [-0.15, -0.1) is 0 Å². The zero-order chi connectivity index (χ0) is 14.7. The quantitative estimate of drug-likeness (QED) is 0.919. The largest absolute Gasteiger partial charge is 0.377 e. The number of pyridine rings is 1. The van der Waals surface area contributed by atoms with Crippen molar-refractivity contribution in [3.05, 3.63) is 58.7 Å². The highest BCUT2D eigenvalue weighted by Gasteiger charge is 2.12. The van der Waals surface area contributed by atoms with Crippen molar-refractivity contribution in [1.29, 1.82) is 5.26 Å². The number of anilines is 1. The third kappa shape index (κ3) is 2.94. The van der Waals surface area contributed by atoms with Crippen molar-refractivity contribution in [3.63, 3.8) is 0 Å². The fourth-order valence-electron chi connectivity index (χ4n) is 2.15. The molecule has 1 aromatic carbocycles. The van der Waals surface area contributed by atoms with Gasteiger partial charge in [-0.2, -0.15) is 5.26 Å². The molecule has 1 aromatic heterocycles. The monoisotopic (exact) mass is 269 g/mol. The SMILES string of the molecule is Cc1cc(NC(C)c2ccc(F)cc2)c(C#N)c(C)n1. The molecule has 0 aliphatic carbocycles. The van der Waals surface area contributed by atoms with Crippen molar-refractivity contribution in [2.45, 2.75) is 26.8 Å². The number of aryl methyl sites for hydroxylation is 2. The van der Waals surface area contributed by atoms with Crippen molar-refractivity contribution >= 4 is 5.69 Å². The lowest BCUT2D eigenvalue weighted by atomic mass is 10.1. The molecule has 0 fully saturated rings. The first-order chi connectivity index (χ1) is 9.51. The molecule has 0 aliphatic heterocycles. The summed E-state index contributed by atoms with van der Waals surface area (Å²) in [5.74, 6) is -0.255. The minimum absolute atomic E-state index is 0.0242. The van der Waals surface area contributed by atoms with E-state index in [2.05, 4.69) is 16.4 Å². The lowest BCUT2D eigenvalue weighted by molar-refractivity contribution is 0.626. The number of hydrogen-bond donors (Lipinski definition) is 1. The molecule has 2 rings (SSSR count). The van der Waals surface area contributed by atoms with E-state index in [1.54, 1.807) is 12.1 Å². The fraction of sp³-hybridized carbons (Fsp3) is 0.250. The highest BCUT2D eigenvalue weighted by atomic mass is 19.1. The molecule has 4 heteroatoms. The summed E-state index contributed by atoms with van der Waals surface area (Å²) in [7, 11) is 0.